The van der Waals surface area contributed by atoms with Gasteiger partial charge in [0, 0.05) is 24.2 Å². The van der Waals surface area contributed by atoms with Crippen molar-refractivity contribution >= 4 is 22.9 Å². The summed E-state index contributed by atoms with van der Waals surface area (Å²) >= 11 is 7.21. The van der Waals surface area contributed by atoms with E-state index in [1.54, 1.807) is 12.3 Å². The number of rotatable bonds is 5. The lowest BCUT2D eigenvalue weighted by Crippen LogP contribution is -2.20. The first kappa shape index (κ1) is 12.5. The SMILES string of the molecule is OC(CNCc1ccccn1)c1ccc(Cl)s1. The molecule has 0 aliphatic carbocycles. The van der Waals surface area contributed by atoms with Crippen molar-refractivity contribution in [2.24, 2.45) is 0 Å². The third kappa shape index (κ3) is 3.78. The zero-order valence-corrected chi connectivity index (χ0v) is 10.7. The molecule has 1 unspecified atom stereocenters. The Morgan fingerprint density at radius 2 is 2.24 bits per heavy atom. The molecular weight excluding hydrogens is 256 g/mol. The standard InChI is InChI=1S/C12H13ClN2OS/c13-12-5-4-11(17-12)10(16)8-14-7-9-3-1-2-6-15-9/h1-6,10,14,16H,7-8H2. The molecule has 0 saturated heterocycles. The largest absolute Gasteiger partial charge is 0.386 e. The average Bonchev–Trinajstić information content (AvgIpc) is 2.77. The number of aliphatic hydroxyl groups is 1. The van der Waals surface area contributed by atoms with Crippen molar-refractivity contribution in [2.75, 3.05) is 6.54 Å². The van der Waals surface area contributed by atoms with E-state index in [1.807, 2.05) is 24.3 Å². The highest BCUT2D eigenvalue weighted by atomic mass is 35.5. The molecule has 0 radical (unpaired) electrons. The highest BCUT2D eigenvalue weighted by Gasteiger charge is 2.09. The van der Waals surface area contributed by atoms with Crippen LogP contribution in [0.15, 0.2) is 36.5 Å². The van der Waals surface area contributed by atoms with E-state index in [9.17, 15) is 5.11 Å². The van der Waals surface area contributed by atoms with Gasteiger partial charge in [0.15, 0.2) is 0 Å². The van der Waals surface area contributed by atoms with Crippen LogP contribution in [-0.2, 0) is 6.54 Å². The summed E-state index contributed by atoms with van der Waals surface area (Å²) in [7, 11) is 0. The molecule has 5 heteroatoms. The Morgan fingerprint density at radius 3 is 2.88 bits per heavy atom. The van der Waals surface area contributed by atoms with Gasteiger partial charge in [0.25, 0.3) is 0 Å². The summed E-state index contributed by atoms with van der Waals surface area (Å²) < 4.78 is 0.698. The second-order valence-corrected chi connectivity index (χ2v) is 5.36. The summed E-state index contributed by atoms with van der Waals surface area (Å²) in [6.07, 6.45) is 1.24. The fraction of sp³-hybridized carbons (Fsp3) is 0.250. The molecule has 0 spiro atoms. The fourth-order valence-electron chi connectivity index (χ4n) is 1.45. The molecule has 0 amide bonds. The van der Waals surface area contributed by atoms with Gasteiger partial charge in [-0.3, -0.25) is 4.98 Å². The summed E-state index contributed by atoms with van der Waals surface area (Å²) in [5, 5.41) is 13.0. The maximum Gasteiger partial charge on any atom is 0.101 e. The smallest absolute Gasteiger partial charge is 0.101 e. The molecule has 0 aliphatic heterocycles. The van der Waals surface area contributed by atoms with Crippen molar-refractivity contribution in [1.29, 1.82) is 0 Å². The lowest BCUT2D eigenvalue weighted by atomic mass is 10.3. The van der Waals surface area contributed by atoms with E-state index in [-0.39, 0.29) is 0 Å². The van der Waals surface area contributed by atoms with E-state index in [1.165, 1.54) is 11.3 Å². The average molecular weight is 269 g/mol. The van der Waals surface area contributed by atoms with Gasteiger partial charge < -0.3 is 10.4 Å². The summed E-state index contributed by atoms with van der Waals surface area (Å²) in [5.74, 6) is 0. The highest BCUT2D eigenvalue weighted by Crippen LogP contribution is 2.26. The third-order valence-corrected chi connectivity index (χ3v) is 3.62. The first-order valence-electron chi connectivity index (χ1n) is 5.29. The predicted octanol–water partition coefficient (Wildman–Crippen LogP) is 2.62. The van der Waals surface area contributed by atoms with Crippen LogP contribution in [0.4, 0.5) is 0 Å². The van der Waals surface area contributed by atoms with Gasteiger partial charge in [0.2, 0.25) is 0 Å². The van der Waals surface area contributed by atoms with E-state index in [0.29, 0.717) is 17.4 Å². The number of hydrogen-bond donors (Lipinski definition) is 2. The van der Waals surface area contributed by atoms with Crippen LogP contribution in [-0.4, -0.2) is 16.6 Å². The van der Waals surface area contributed by atoms with Crippen LogP contribution >= 0.6 is 22.9 Å². The molecular formula is C12H13ClN2OS. The molecule has 0 bridgehead atoms. The van der Waals surface area contributed by atoms with Gasteiger partial charge >= 0.3 is 0 Å². The lowest BCUT2D eigenvalue weighted by Gasteiger charge is -2.09. The molecule has 3 nitrogen and oxygen atoms in total. The summed E-state index contributed by atoms with van der Waals surface area (Å²) in [4.78, 5) is 5.07. The van der Waals surface area contributed by atoms with E-state index in [0.717, 1.165) is 10.6 Å². The maximum absolute atomic E-state index is 9.88. The minimum absolute atomic E-state index is 0.493. The second-order valence-electron chi connectivity index (χ2n) is 3.61. The molecule has 17 heavy (non-hydrogen) atoms. The number of aromatic nitrogens is 1. The van der Waals surface area contributed by atoms with Crippen LogP contribution < -0.4 is 5.32 Å². The Kier molecular flexibility index (Phi) is 4.50. The van der Waals surface area contributed by atoms with Crippen molar-refractivity contribution < 1.29 is 5.11 Å². The van der Waals surface area contributed by atoms with Crippen molar-refractivity contribution in [1.82, 2.24) is 10.3 Å². The zero-order chi connectivity index (χ0) is 12.1. The van der Waals surface area contributed by atoms with Crippen LogP contribution in [0.1, 0.15) is 16.7 Å². The Labute approximate surface area is 109 Å². The minimum Gasteiger partial charge on any atom is -0.386 e. The molecule has 0 aromatic carbocycles. The van der Waals surface area contributed by atoms with Crippen LogP contribution in [0.3, 0.4) is 0 Å². The monoisotopic (exact) mass is 268 g/mol. The molecule has 0 saturated carbocycles. The Hall–Kier alpha value is -0.940. The molecule has 2 aromatic rings. The van der Waals surface area contributed by atoms with E-state index in [4.69, 9.17) is 11.6 Å². The van der Waals surface area contributed by atoms with E-state index >= 15 is 0 Å². The number of nitrogens with zero attached hydrogens (tertiary/aromatic N) is 1. The third-order valence-electron chi connectivity index (χ3n) is 2.29. The van der Waals surface area contributed by atoms with Crippen LogP contribution in [0.25, 0.3) is 0 Å². The zero-order valence-electron chi connectivity index (χ0n) is 9.14. The van der Waals surface area contributed by atoms with E-state index in [2.05, 4.69) is 10.3 Å². The summed E-state index contributed by atoms with van der Waals surface area (Å²) in [6.45, 7) is 1.14. The molecule has 2 N–H and O–H groups in total. The number of halogens is 1. The van der Waals surface area contributed by atoms with Crippen LogP contribution in [0.2, 0.25) is 4.34 Å². The number of pyridine rings is 1. The van der Waals surface area contributed by atoms with Gasteiger partial charge in [-0.2, -0.15) is 0 Å². The Morgan fingerprint density at radius 1 is 1.35 bits per heavy atom. The van der Waals surface area contributed by atoms with Gasteiger partial charge in [-0.25, -0.2) is 0 Å². The lowest BCUT2D eigenvalue weighted by molar-refractivity contribution is 0.178. The molecule has 2 aromatic heterocycles. The van der Waals surface area contributed by atoms with Crippen LogP contribution in [0, 0.1) is 0 Å². The fourth-order valence-corrected chi connectivity index (χ4v) is 2.49. The Bertz CT molecular complexity index is 461. The second kappa shape index (κ2) is 6.12. The van der Waals surface area contributed by atoms with Crippen molar-refractivity contribution in [3.63, 3.8) is 0 Å². The highest BCUT2D eigenvalue weighted by molar-refractivity contribution is 7.16. The Balaban J connectivity index is 1.79. The summed E-state index contributed by atoms with van der Waals surface area (Å²) in [5.41, 5.74) is 0.962. The number of nitrogens with one attached hydrogen (secondary N) is 1. The van der Waals surface area contributed by atoms with Gasteiger partial charge in [-0.15, -0.1) is 11.3 Å². The van der Waals surface area contributed by atoms with Gasteiger partial charge in [-0.05, 0) is 24.3 Å². The van der Waals surface area contributed by atoms with Gasteiger partial charge in [-0.1, -0.05) is 17.7 Å². The maximum atomic E-state index is 9.88. The normalized spacial score (nSPS) is 12.6. The molecule has 0 aliphatic rings. The molecule has 90 valence electrons. The molecule has 1 atom stereocenters. The predicted molar refractivity (Wildman–Crippen MR) is 70.2 cm³/mol. The molecule has 2 heterocycles. The first-order valence-corrected chi connectivity index (χ1v) is 6.49. The summed E-state index contributed by atoms with van der Waals surface area (Å²) in [6, 6.07) is 9.41. The van der Waals surface area contributed by atoms with Crippen LogP contribution in [0.5, 0.6) is 0 Å². The van der Waals surface area contributed by atoms with E-state index < -0.39 is 6.10 Å². The van der Waals surface area contributed by atoms with Crippen molar-refractivity contribution in [3.05, 3.63) is 51.4 Å². The number of hydrogen-bond acceptors (Lipinski definition) is 4. The van der Waals surface area contributed by atoms with Crippen molar-refractivity contribution in [2.45, 2.75) is 12.6 Å². The number of thiophene rings is 1. The molecule has 0 fully saturated rings. The van der Waals surface area contributed by atoms with Gasteiger partial charge in [0.05, 0.1) is 10.0 Å². The molecule has 2 rings (SSSR count). The van der Waals surface area contributed by atoms with Crippen molar-refractivity contribution in [3.8, 4) is 0 Å². The number of aliphatic hydroxyl groups excluding tert-OH is 1. The quantitative estimate of drug-likeness (QED) is 0.876. The first-order chi connectivity index (χ1) is 8.25. The topological polar surface area (TPSA) is 45.1 Å². The minimum atomic E-state index is -0.517. The van der Waals surface area contributed by atoms with Gasteiger partial charge in [0.1, 0.15) is 6.10 Å².